The lowest BCUT2D eigenvalue weighted by molar-refractivity contribution is 0.0100. The maximum atomic E-state index is 15.2. The molecular formula is C25H26F2. The molecule has 0 bridgehead atoms. The zero-order chi connectivity index (χ0) is 20.1. The van der Waals surface area contributed by atoms with Gasteiger partial charge < -0.3 is 0 Å². The first-order chi connectivity index (χ1) is 12.8. The van der Waals surface area contributed by atoms with Crippen LogP contribution in [0.1, 0.15) is 47.6 Å². The molecule has 0 aliphatic carbocycles. The van der Waals surface area contributed by atoms with E-state index in [9.17, 15) is 0 Å². The summed E-state index contributed by atoms with van der Waals surface area (Å²) in [5.74, 6) is -0.866. The Bertz CT molecular complexity index is 869. The monoisotopic (exact) mass is 364 g/mol. The van der Waals surface area contributed by atoms with Crippen LogP contribution in [0.4, 0.5) is 8.78 Å². The van der Waals surface area contributed by atoms with Crippen molar-refractivity contribution in [1.82, 2.24) is 0 Å². The van der Waals surface area contributed by atoms with Crippen LogP contribution in [0.15, 0.2) is 61.2 Å². The molecule has 0 aliphatic rings. The first kappa shape index (κ1) is 20.6. The minimum Gasteiger partial charge on any atom is -0.200 e. The van der Waals surface area contributed by atoms with Gasteiger partial charge in [0, 0.05) is 0 Å². The van der Waals surface area contributed by atoms with Crippen molar-refractivity contribution < 1.29 is 8.78 Å². The fraction of sp³-hybridized carbons (Fsp3) is 0.280. The molecule has 27 heavy (non-hydrogen) atoms. The predicted octanol–water partition coefficient (Wildman–Crippen LogP) is 6.86. The molecule has 0 aromatic heterocycles. The number of halogens is 2. The van der Waals surface area contributed by atoms with Crippen molar-refractivity contribution >= 4 is 6.08 Å². The van der Waals surface area contributed by atoms with Crippen molar-refractivity contribution in [2.75, 3.05) is 0 Å². The highest BCUT2D eigenvalue weighted by molar-refractivity contribution is 5.61. The van der Waals surface area contributed by atoms with Crippen LogP contribution in [0.5, 0.6) is 0 Å². The zero-order valence-electron chi connectivity index (χ0n) is 16.2. The van der Waals surface area contributed by atoms with Gasteiger partial charge in [-0.2, -0.15) is 8.78 Å². The zero-order valence-corrected chi connectivity index (χ0v) is 16.2. The third-order valence-electron chi connectivity index (χ3n) is 4.95. The van der Waals surface area contributed by atoms with Crippen LogP contribution in [-0.2, 0) is 5.41 Å². The molecule has 2 aromatic rings. The van der Waals surface area contributed by atoms with Gasteiger partial charge in [-0.1, -0.05) is 80.5 Å². The Hall–Kier alpha value is -2.66. The number of allylic oxidation sites excluding steroid dienone is 2. The van der Waals surface area contributed by atoms with Gasteiger partial charge in [-0.3, -0.25) is 0 Å². The first-order valence-electron chi connectivity index (χ1n) is 9.17. The third kappa shape index (κ3) is 3.74. The summed E-state index contributed by atoms with van der Waals surface area (Å²) in [4.78, 5) is 0. The molecule has 0 fully saturated rings. The van der Waals surface area contributed by atoms with Gasteiger partial charge in [0.05, 0.1) is 0 Å². The number of terminal acetylenes is 1. The van der Waals surface area contributed by atoms with E-state index in [1.807, 2.05) is 26.0 Å². The largest absolute Gasteiger partial charge is 0.290 e. The summed E-state index contributed by atoms with van der Waals surface area (Å²) in [6, 6.07) is 12.3. The number of rotatable bonds is 7. The molecule has 1 atom stereocenters. The van der Waals surface area contributed by atoms with Crippen LogP contribution in [0.3, 0.4) is 0 Å². The molecule has 0 nitrogen and oxygen atoms in total. The van der Waals surface area contributed by atoms with Crippen LogP contribution in [0, 0.1) is 26.2 Å². The summed E-state index contributed by atoms with van der Waals surface area (Å²) in [6.45, 7) is 9.23. The van der Waals surface area contributed by atoms with Gasteiger partial charge in [-0.25, -0.2) is 0 Å². The average Bonchev–Trinajstić information content (AvgIpc) is 2.67. The predicted molar refractivity (Wildman–Crippen MR) is 111 cm³/mol. The maximum Gasteiger partial charge on any atom is 0.290 e. The number of hydrogen-bond donors (Lipinski definition) is 0. The molecule has 1 unspecified atom stereocenters. The highest BCUT2D eigenvalue weighted by atomic mass is 19.3. The second kappa shape index (κ2) is 8.35. The van der Waals surface area contributed by atoms with Crippen LogP contribution in [0.2, 0.25) is 0 Å². The van der Waals surface area contributed by atoms with Gasteiger partial charge in [0.1, 0.15) is 5.41 Å². The summed E-state index contributed by atoms with van der Waals surface area (Å²) in [6.07, 6.45) is 12.6. The summed E-state index contributed by atoms with van der Waals surface area (Å²) in [5.41, 5.74) is 1.58. The summed E-state index contributed by atoms with van der Waals surface area (Å²) in [5, 5.41) is 0. The normalized spacial score (nSPS) is 13.9. The fourth-order valence-corrected chi connectivity index (χ4v) is 3.43. The molecule has 2 aromatic carbocycles. The third-order valence-corrected chi connectivity index (χ3v) is 4.95. The Morgan fingerprint density at radius 1 is 1.11 bits per heavy atom. The molecule has 0 N–H and O–H groups in total. The Morgan fingerprint density at radius 2 is 1.78 bits per heavy atom. The average molecular weight is 364 g/mol. The maximum absolute atomic E-state index is 15.2. The molecule has 0 amide bonds. The Kier molecular flexibility index (Phi) is 6.39. The lowest BCUT2D eigenvalue weighted by Crippen LogP contribution is -2.44. The van der Waals surface area contributed by atoms with Crippen LogP contribution in [-0.4, -0.2) is 5.92 Å². The van der Waals surface area contributed by atoms with Crippen molar-refractivity contribution in [3.8, 4) is 12.3 Å². The summed E-state index contributed by atoms with van der Waals surface area (Å²) >= 11 is 0. The van der Waals surface area contributed by atoms with Gasteiger partial charge in [0.2, 0.25) is 0 Å². The van der Waals surface area contributed by atoms with Gasteiger partial charge in [0.25, 0.3) is 5.92 Å². The van der Waals surface area contributed by atoms with E-state index in [-0.39, 0.29) is 0 Å². The minimum absolute atomic E-state index is 0.383. The van der Waals surface area contributed by atoms with E-state index in [1.165, 1.54) is 0 Å². The molecule has 0 saturated heterocycles. The Balaban J connectivity index is 2.77. The number of unbranched alkanes of at least 4 members (excludes halogenated alkanes) is 1. The highest BCUT2D eigenvalue weighted by Gasteiger charge is 2.53. The van der Waals surface area contributed by atoms with Crippen molar-refractivity contribution in [2.24, 2.45) is 0 Å². The van der Waals surface area contributed by atoms with E-state index in [0.717, 1.165) is 29.5 Å². The Morgan fingerprint density at radius 3 is 2.33 bits per heavy atom. The second-order valence-corrected chi connectivity index (χ2v) is 6.80. The molecule has 140 valence electrons. The lowest BCUT2D eigenvalue weighted by atomic mass is 9.68. The molecule has 0 saturated carbocycles. The number of alkyl halides is 2. The van der Waals surface area contributed by atoms with Crippen molar-refractivity contribution in [3.63, 3.8) is 0 Å². The van der Waals surface area contributed by atoms with Crippen molar-refractivity contribution in [2.45, 2.75) is 45.0 Å². The molecular weight excluding hydrogens is 338 g/mol. The molecule has 2 heteroatoms. The second-order valence-electron chi connectivity index (χ2n) is 6.80. The van der Waals surface area contributed by atoms with Crippen molar-refractivity contribution in [3.05, 3.63) is 89.0 Å². The standard InChI is InChI=1S/C25H26F2/c1-6-9-11-14-21-17-20(5)23(18-19(21)4)24(7-2,25(26,27)8-3)22-15-12-10-13-16-22/h2,8,10-18H,3,6,9H2,1,4-5H3/b14-11+. The molecule has 0 heterocycles. The summed E-state index contributed by atoms with van der Waals surface area (Å²) < 4.78 is 30.5. The molecule has 2 rings (SSSR count). The molecule has 0 spiro atoms. The van der Waals surface area contributed by atoms with Crippen LogP contribution in [0.25, 0.3) is 6.08 Å². The van der Waals surface area contributed by atoms with E-state index in [1.54, 1.807) is 36.4 Å². The van der Waals surface area contributed by atoms with E-state index in [2.05, 4.69) is 25.5 Å². The van der Waals surface area contributed by atoms with E-state index in [4.69, 9.17) is 6.42 Å². The van der Waals surface area contributed by atoms with Crippen LogP contribution < -0.4 is 0 Å². The molecule has 0 radical (unpaired) electrons. The lowest BCUT2D eigenvalue weighted by Gasteiger charge is -2.37. The van der Waals surface area contributed by atoms with Gasteiger partial charge in [-0.15, -0.1) is 6.42 Å². The SMILES string of the molecule is C#CC(c1ccccc1)(c1cc(C)c(/C=C/CCC)cc1C)C(F)(F)C=C. The van der Waals surface area contributed by atoms with E-state index >= 15 is 8.78 Å². The number of aryl methyl sites for hydroxylation is 2. The van der Waals surface area contributed by atoms with Gasteiger partial charge >= 0.3 is 0 Å². The molecule has 0 aliphatic heterocycles. The van der Waals surface area contributed by atoms with Crippen LogP contribution >= 0.6 is 0 Å². The van der Waals surface area contributed by atoms with E-state index in [0.29, 0.717) is 17.2 Å². The van der Waals surface area contributed by atoms with Gasteiger partial charge in [0.15, 0.2) is 0 Å². The first-order valence-corrected chi connectivity index (χ1v) is 9.17. The van der Waals surface area contributed by atoms with Crippen molar-refractivity contribution in [1.29, 1.82) is 0 Å². The topological polar surface area (TPSA) is 0 Å². The smallest absolute Gasteiger partial charge is 0.200 e. The highest BCUT2D eigenvalue weighted by Crippen LogP contribution is 2.47. The minimum atomic E-state index is -3.31. The fourth-order valence-electron chi connectivity index (χ4n) is 3.43. The quantitative estimate of drug-likeness (QED) is 0.372. The summed E-state index contributed by atoms with van der Waals surface area (Å²) in [7, 11) is 0. The number of hydrogen-bond acceptors (Lipinski definition) is 0. The van der Waals surface area contributed by atoms with E-state index < -0.39 is 11.3 Å². The number of benzene rings is 2. The van der Waals surface area contributed by atoms with Gasteiger partial charge in [-0.05, 0) is 54.2 Å². The Labute approximate surface area is 161 Å².